The average molecular weight is 420 g/mol. The number of nitrogens with zero attached hydrogens (tertiary/aromatic N) is 2. The van der Waals surface area contributed by atoms with Gasteiger partial charge in [0, 0.05) is 17.7 Å². The van der Waals surface area contributed by atoms with Gasteiger partial charge in [0.25, 0.3) is 17.4 Å². The monoisotopic (exact) mass is 420 g/mol. The molecule has 0 saturated carbocycles. The highest BCUT2D eigenvalue weighted by Gasteiger charge is 2.49. The zero-order valence-electron chi connectivity index (χ0n) is 16.2. The van der Waals surface area contributed by atoms with Crippen LogP contribution in [0.4, 0.5) is 11.4 Å². The second kappa shape index (κ2) is 7.45. The van der Waals surface area contributed by atoms with Crippen LogP contribution < -0.4 is 4.90 Å². The van der Waals surface area contributed by atoms with Crippen molar-refractivity contribution < 1.29 is 29.1 Å². The fourth-order valence-electron chi connectivity index (χ4n) is 3.54. The number of non-ortho nitro benzene ring substituents is 1. The van der Waals surface area contributed by atoms with Crippen LogP contribution in [0, 0.1) is 17.0 Å². The quantitative estimate of drug-likeness (QED) is 0.215. The van der Waals surface area contributed by atoms with Crippen molar-refractivity contribution in [3.05, 3.63) is 93.4 Å². The first-order valence-corrected chi connectivity index (χ1v) is 9.19. The Labute approximate surface area is 175 Å². The largest absolute Gasteiger partial charge is 0.507 e. The van der Waals surface area contributed by atoms with Crippen molar-refractivity contribution in [2.24, 2.45) is 0 Å². The summed E-state index contributed by atoms with van der Waals surface area (Å²) in [6.07, 6.45) is 0. The first-order valence-electron chi connectivity index (χ1n) is 9.19. The number of carbonyl (C=O) groups excluding carboxylic acids is 2. The number of furan rings is 1. The van der Waals surface area contributed by atoms with Gasteiger partial charge in [-0.1, -0.05) is 24.3 Å². The highest BCUT2D eigenvalue weighted by molar-refractivity contribution is 6.51. The summed E-state index contributed by atoms with van der Waals surface area (Å²) in [6.45, 7) is 1.68. The van der Waals surface area contributed by atoms with Gasteiger partial charge in [-0.2, -0.15) is 0 Å². The van der Waals surface area contributed by atoms with E-state index in [1.807, 2.05) is 0 Å². The summed E-state index contributed by atoms with van der Waals surface area (Å²) in [5.74, 6) is -2.12. The lowest BCUT2D eigenvalue weighted by Crippen LogP contribution is -2.29. The van der Waals surface area contributed by atoms with Crippen molar-refractivity contribution in [2.45, 2.75) is 13.0 Å². The van der Waals surface area contributed by atoms with Gasteiger partial charge in [0.2, 0.25) is 0 Å². The van der Waals surface area contributed by atoms with E-state index in [-0.39, 0.29) is 34.0 Å². The summed E-state index contributed by atoms with van der Waals surface area (Å²) in [5, 5.41) is 32.3. The molecule has 156 valence electrons. The number of ketones is 1. The van der Waals surface area contributed by atoms with Crippen molar-refractivity contribution in [3.8, 4) is 5.75 Å². The number of nitro benzene ring substituents is 1. The van der Waals surface area contributed by atoms with Gasteiger partial charge in [-0.25, -0.2) is 0 Å². The minimum absolute atomic E-state index is 0.00207. The fourth-order valence-corrected chi connectivity index (χ4v) is 3.54. The summed E-state index contributed by atoms with van der Waals surface area (Å²) in [6, 6.07) is 13.1. The third kappa shape index (κ3) is 3.31. The number of Topliss-reactive ketones (excluding diaryl/α,β-unsaturated/α-hetero) is 1. The maximum atomic E-state index is 13.0. The third-order valence-electron chi connectivity index (χ3n) is 4.95. The fraction of sp³-hybridized carbons (Fsp3) is 0.0909. The molecule has 0 bridgehead atoms. The summed E-state index contributed by atoms with van der Waals surface area (Å²) >= 11 is 0. The number of carbonyl (C=O) groups is 2. The highest BCUT2D eigenvalue weighted by atomic mass is 16.6. The van der Waals surface area contributed by atoms with E-state index in [0.717, 1.165) is 11.0 Å². The number of nitro groups is 1. The van der Waals surface area contributed by atoms with Gasteiger partial charge < -0.3 is 14.6 Å². The Morgan fingerprint density at radius 3 is 2.48 bits per heavy atom. The second-order valence-electron chi connectivity index (χ2n) is 6.91. The Kier molecular flexibility index (Phi) is 4.78. The molecule has 3 aromatic rings. The number of phenolic OH excluding ortho intramolecular Hbond substituents is 1. The van der Waals surface area contributed by atoms with Crippen molar-refractivity contribution in [3.63, 3.8) is 0 Å². The van der Waals surface area contributed by atoms with Crippen molar-refractivity contribution in [1.82, 2.24) is 0 Å². The molecule has 31 heavy (non-hydrogen) atoms. The number of aromatic hydroxyl groups is 1. The van der Waals surface area contributed by atoms with Crippen molar-refractivity contribution in [2.75, 3.05) is 4.90 Å². The van der Waals surface area contributed by atoms with Gasteiger partial charge in [0.15, 0.2) is 0 Å². The van der Waals surface area contributed by atoms with Crippen LogP contribution in [0.15, 0.2) is 70.7 Å². The second-order valence-corrected chi connectivity index (χ2v) is 6.91. The van der Waals surface area contributed by atoms with Crippen molar-refractivity contribution >= 4 is 28.8 Å². The number of aryl methyl sites for hydroxylation is 1. The minimum atomic E-state index is -1.18. The highest BCUT2D eigenvalue weighted by Crippen LogP contribution is 2.45. The molecule has 2 N–H and O–H groups in total. The molecule has 1 aliphatic heterocycles. The van der Waals surface area contributed by atoms with Gasteiger partial charge in [0.1, 0.15) is 29.1 Å². The SMILES string of the molecule is Cc1ccc(C2/C(=C(/O)c3cccc([N+](=O)[O-])c3)C(=O)C(=O)N2c2ccccc2O)o1. The maximum absolute atomic E-state index is 13.0. The molecule has 9 nitrogen and oxygen atoms in total. The topological polar surface area (TPSA) is 134 Å². The minimum Gasteiger partial charge on any atom is -0.507 e. The number of amides is 1. The molecule has 0 aliphatic carbocycles. The molecule has 1 amide bonds. The predicted molar refractivity (Wildman–Crippen MR) is 109 cm³/mol. The molecular weight excluding hydrogens is 404 g/mol. The van der Waals surface area contributed by atoms with Gasteiger partial charge in [0.05, 0.1) is 16.2 Å². The van der Waals surface area contributed by atoms with Gasteiger partial charge in [-0.3, -0.25) is 24.6 Å². The van der Waals surface area contributed by atoms with Crippen LogP contribution in [-0.2, 0) is 9.59 Å². The molecule has 2 aromatic carbocycles. The van der Waals surface area contributed by atoms with E-state index in [2.05, 4.69) is 0 Å². The summed E-state index contributed by atoms with van der Waals surface area (Å²) < 4.78 is 5.65. The average Bonchev–Trinajstić information content (AvgIpc) is 3.29. The van der Waals surface area contributed by atoms with Crippen LogP contribution in [0.5, 0.6) is 5.75 Å². The standard InChI is InChI=1S/C22H16N2O7/c1-12-9-10-17(31-12)19-18(20(26)13-5-4-6-14(11-13)24(29)30)21(27)22(28)23(19)15-7-2-3-8-16(15)25/h2-11,19,25-26H,1H3/b20-18-. The van der Waals surface area contributed by atoms with E-state index in [1.165, 1.54) is 30.3 Å². The third-order valence-corrected chi connectivity index (χ3v) is 4.95. The molecule has 1 aromatic heterocycles. The molecule has 0 spiro atoms. The van der Waals surface area contributed by atoms with Crippen LogP contribution in [0.3, 0.4) is 0 Å². The molecule has 1 atom stereocenters. The van der Waals surface area contributed by atoms with Crippen LogP contribution in [0.1, 0.15) is 23.1 Å². The van der Waals surface area contributed by atoms with E-state index < -0.39 is 28.4 Å². The van der Waals surface area contributed by atoms with E-state index in [9.17, 15) is 29.9 Å². The Morgan fingerprint density at radius 2 is 1.84 bits per heavy atom. The Hall–Kier alpha value is -4.40. The maximum Gasteiger partial charge on any atom is 0.300 e. The number of hydrogen-bond acceptors (Lipinski definition) is 7. The van der Waals surface area contributed by atoms with Crippen LogP contribution in [0.25, 0.3) is 5.76 Å². The van der Waals surface area contributed by atoms with Crippen LogP contribution >= 0.6 is 0 Å². The van der Waals surface area contributed by atoms with Gasteiger partial charge in [-0.15, -0.1) is 0 Å². The Morgan fingerprint density at radius 1 is 1.10 bits per heavy atom. The van der Waals surface area contributed by atoms with Crippen LogP contribution in [-0.4, -0.2) is 26.8 Å². The molecule has 1 aliphatic rings. The van der Waals surface area contributed by atoms with E-state index in [4.69, 9.17) is 4.42 Å². The number of aliphatic hydroxyl groups is 1. The number of rotatable bonds is 4. The lowest BCUT2D eigenvalue weighted by atomic mass is 9.99. The first-order chi connectivity index (χ1) is 14.8. The molecule has 4 rings (SSSR count). The summed E-state index contributed by atoms with van der Waals surface area (Å²) in [5.41, 5.74) is -0.535. The number of benzene rings is 2. The zero-order chi connectivity index (χ0) is 22.3. The zero-order valence-corrected chi connectivity index (χ0v) is 16.2. The molecule has 2 heterocycles. The number of phenols is 1. The lowest BCUT2D eigenvalue weighted by molar-refractivity contribution is -0.384. The molecule has 0 radical (unpaired) electrons. The molecule has 1 saturated heterocycles. The van der Waals surface area contributed by atoms with Crippen LogP contribution in [0.2, 0.25) is 0 Å². The Balaban J connectivity index is 1.96. The normalized spacial score (nSPS) is 17.8. The first kappa shape index (κ1) is 19.9. The lowest BCUT2D eigenvalue weighted by Gasteiger charge is -2.24. The predicted octanol–water partition coefficient (Wildman–Crippen LogP) is 3.83. The smallest absolute Gasteiger partial charge is 0.300 e. The summed E-state index contributed by atoms with van der Waals surface area (Å²) in [4.78, 5) is 37.4. The van der Waals surface area contributed by atoms with Crippen molar-refractivity contribution in [1.29, 1.82) is 0 Å². The van der Waals surface area contributed by atoms with Gasteiger partial charge >= 0.3 is 0 Å². The summed E-state index contributed by atoms with van der Waals surface area (Å²) in [7, 11) is 0. The Bertz CT molecular complexity index is 1260. The molecule has 1 unspecified atom stereocenters. The number of para-hydroxylation sites is 2. The molecule has 1 fully saturated rings. The molecular formula is C22H16N2O7. The number of hydrogen-bond donors (Lipinski definition) is 2. The number of aliphatic hydroxyl groups excluding tert-OH is 1. The number of anilines is 1. The van der Waals surface area contributed by atoms with E-state index >= 15 is 0 Å². The van der Waals surface area contributed by atoms with E-state index in [1.54, 1.807) is 31.2 Å². The molecule has 9 heteroatoms. The van der Waals surface area contributed by atoms with Gasteiger partial charge in [-0.05, 0) is 31.2 Å². The van der Waals surface area contributed by atoms with E-state index in [0.29, 0.717) is 5.76 Å².